The minimum absolute atomic E-state index is 0.00199. The fourth-order valence-corrected chi connectivity index (χ4v) is 1.25. The number of aromatic nitrogens is 2. The molecule has 0 aliphatic heterocycles. The van der Waals surface area contributed by atoms with Crippen LogP contribution in [0.25, 0.3) is 0 Å². The maximum absolute atomic E-state index is 11.4. The number of aromatic amines is 1. The number of carbonyl (C=O) groups excluding carboxylic acids is 1. The molecule has 0 aliphatic carbocycles. The lowest BCUT2D eigenvalue weighted by Gasteiger charge is -2.06. The lowest BCUT2D eigenvalue weighted by molar-refractivity contribution is -0.121. The molecule has 0 spiro atoms. The van der Waals surface area contributed by atoms with E-state index in [9.17, 15) is 14.4 Å². The highest BCUT2D eigenvalue weighted by Crippen LogP contribution is 1.84. The molecule has 0 aromatic carbocycles. The Balaban J connectivity index is 2.69. The van der Waals surface area contributed by atoms with Crippen LogP contribution in [0.15, 0.2) is 15.8 Å². The summed E-state index contributed by atoms with van der Waals surface area (Å²) in [6.07, 6.45) is 1.80. The zero-order chi connectivity index (χ0) is 12.8. The van der Waals surface area contributed by atoms with Gasteiger partial charge in [0.1, 0.15) is 6.54 Å². The largest absolute Gasteiger partial charge is 0.396 e. The zero-order valence-corrected chi connectivity index (χ0v) is 9.52. The summed E-state index contributed by atoms with van der Waals surface area (Å²) >= 11 is 0. The molecule has 0 bridgehead atoms. The number of nitrogens with zero attached hydrogens (tertiary/aromatic N) is 1. The summed E-state index contributed by atoms with van der Waals surface area (Å²) in [5, 5.41) is 11.1. The number of hydrogen-bond donors (Lipinski definition) is 3. The van der Waals surface area contributed by atoms with Crippen LogP contribution in [0.4, 0.5) is 0 Å². The van der Waals surface area contributed by atoms with Crippen molar-refractivity contribution in [3.63, 3.8) is 0 Å². The van der Waals surface area contributed by atoms with E-state index in [1.54, 1.807) is 6.92 Å². The summed E-state index contributed by atoms with van der Waals surface area (Å²) in [6, 6.07) is 0. The van der Waals surface area contributed by atoms with Gasteiger partial charge in [-0.05, 0) is 13.3 Å². The van der Waals surface area contributed by atoms with Gasteiger partial charge >= 0.3 is 5.69 Å². The number of rotatable bonds is 5. The molecule has 1 rings (SSSR count). The molecule has 1 aromatic rings. The Kier molecular flexibility index (Phi) is 4.65. The van der Waals surface area contributed by atoms with Crippen LogP contribution in [-0.4, -0.2) is 33.7 Å². The standard InChI is InChI=1S/C10H15N3O4/c1-7-5-13(10(17)12-9(7)16)6-8(15)11-3-2-4-14/h5,14H,2-4,6H2,1H3,(H,11,15)(H,12,16,17). The summed E-state index contributed by atoms with van der Waals surface area (Å²) in [7, 11) is 0. The van der Waals surface area contributed by atoms with E-state index in [1.807, 2.05) is 0 Å². The lowest BCUT2D eigenvalue weighted by atomic mass is 10.4. The number of H-pyrrole nitrogens is 1. The van der Waals surface area contributed by atoms with Gasteiger partial charge in [-0.2, -0.15) is 0 Å². The van der Waals surface area contributed by atoms with Gasteiger partial charge in [-0.1, -0.05) is 0 Å². The maximum Gasteiger partial charge on any atom is 0.328 e. The predicted molar refractivity (Wildman–Crippen MR) is 60.8 cm³/mol. The number of aryl methyl sites for hydroxylation is 1. The van der Waals surface area contributed by atoms with Crippen molar-refractivity contribution in [1.29, 1.82) is 0 Å². The van der Waals surface area contributed by atoms with Crippen LogP contribution in [0.2, 0.25) is 0 Å². The average molecular weight is 241 g/mol. The molecular weight excluding hydrogens is 226 g/mol. The van der Waals surface area contributed by atoms with E-state index in [-0.39, 0.29) is 19.1 Å². The molecule has 0 radical (unpaired) electrons. The van der Waals surface area contributed by atoms with Crippen LogP contribution in [0.3, 0.4) is 0 Å². The van der Waals surface area contributed by atoms with Gasteiger partial charge in [-0.15, -0.1) is 0 Å². The second-order valence-corrected chi connectivity index (χ2v) is 3.63. The Hall–Kier alpha value is -1.89. The number of hydrogen-bond acceptors (Lipinski definition) is 4. The molecule has 17 heavy (non-hydrogen) atoms. The average Bonchev–Trinajstić information content (AvgIpc) is 2.26. The van der Waals surface area contributed by atoms with Crippen LogP contribution in [-0.2, 0) is 11.3 Å². The molecule has 1 amide bonds. The third-order valence-electron chi connectivity index (χ3n) is 2.16. The number of nitrogens with one attached hydrogen (secondary N) is 2. The van der Waals surface area contributed by atoms with E-state index in [4.69, 9.17) is 5.11 Å². The molecule has 1 heterocycles. The molecule has 0 aliphatic rings. The van der Waals surface area contributed by atoms with Crippen molar-refractivity contribution in [3.8, 4) is 0 Å². The van der Waals surface area contributed by atoms with Gasteiger partial charge in [0.15, 0.2) is 0 Å². The highest BCUT2D eigenvalue weighted by Gasteiger charge is 2.05. The summed E-state index contributed by atoms with van der Waals surface area (Å²) in [4.78, 5) is 35.9. The number of amides is 1. The minimum atomic E-state index is -0.613. The van der Waals surface area contributed by atoms with Crippen molar-refractivity contribution in [2.24, 2.45) is 0 Å². The van der Waals surface area contributed by atoms with Crippen molar-refractivity contribution in [2.45, 2.75) is 19.9 Å². The Morgan fingerprint density at radius 1 is 1.53 bits per heavy atom. The minimum Gasteiger partial charge on any atom is -0.396 e. The van der Waals surface area contributed by atoms with E-state index in [0.29, 0.717) is 18.5 Å². The fraction of sp³-hybridized carbons (Fsp3) is 0.500. The highest BCUT2D eigenvalue weighted by atomic mass is 16.3. The third kappa shape index (κ3) is 3.87. The smallest absolute Gasteiger partial charge is 0.328 e. The predicted octanol–water partition coefficient (Wildman–Crippen LogP) is -1.66. The Morgan fingerprint density at radius 3 is 2.88 bits per heavy atom. The first-order valence-electron chi connectivity index (χ1n) is 5.22. The van der Waals surface area contributed by atoms with Crippen LogP contribution in [0.5, 0.6) is 0 Å². The van der Waals surface area contributed by atoms with E-state index in [0.717, 1.165) is 4.57 Å². The molecule has 0 saturated heterocycles. The topological polar surface area (TPSA) is 104 Å². The highest BCUT2D eigenvalue weighted by molar-refractivity contribution is 5.75. The van der Waals surface area contributed by atoms with Crippen molar-refractivity contribution in [2.75, 3.05) is 13.2 Å². The van der Waals surface area contributed by atoms with Crippen molar-refractivity contribution >= 4 is 5.91 Å². The molecule has 94 valence electrons. The fourth-order valence-electron chi connectivity index (χ4n) is 1.25. The van der Waals surface area contributed by atoms with Gasteiger partial charge in [0.05, 0.1) is 0 Å². The molecule has 0 unspecified atom stereocenters. The van der Waals surface area contributed by atoms with E-state index in [2.05, 4.69) is 10.3 Å². The lowest BCUT2D eigenvalue weighted by Crippen LogP contribution is -2.36. The van der Waals surface area contributed by atoms with Crippen molar-refractivity contribution in [3.05, 3.63) is 32.6 Å². The summed E-state index contributed by atoms with van der Waals surface area (Å²) in [5.41, 5.74) is -0.697. The second kappa shape index (κ2) is 6.00. The maximum atomic E-state index is 11.4. The Labute approximate surface area is 97.1 Å². The summed E-state index contributed by atoms with van der Waals surface area (Å²) < 4.78 is 1.13. The van der Waals surface area contributed by atoms with Gasteiger partial charge in [0, 0.05) is 24.9 Å². The monoisotopic (exact) mass is 241 g/mol. The molecule has 1 aromatic heterocycles. The first-order valence-corrected chi connectivity index (χ1v) is 5.22. The molecule has 0 atom stereocenters. The zero-order valence-electron chi connectivity index (χ0n) is 9.52. The molecule has 0 saturated carbocycles. The van der Waals surface area contributed by atoms with Gasteiger partial charge in [-0.3, -0.25) is 19.1 Å². The number of aliphatic hydroxyl groups excluding tert-OH is 1. The van der Waals surface area contributed by atoms with Gasteiger partial charge < -0.3 is 10.4 Å². The van der Waals surface area contributed by atoms with Gasteiger partial charge in [-0.25, -0.2) is 4.79 Å². The van der Waals surface area contributed by atoms with Crippen molar-refractivity contribution < 1.29 is 9.90 Å². The Morgan fingerprint density at radius 2 is 2.24 bits per heavy atom. The Bertz CT molecular complexity index is 503. The first kappa shape index (κ1) is 13.2. The molecule has 7 heteroatoms. The quantitative estimate of drug-likeness (QED) is 0.537. The van der Waals surface area contributed by atoms with Crippen LogP contribution >= 0.6 is 0 Å². The summed E-state index contributed by atoms with van der Waals surface area (Å²) in [6.45, 7) is 1.75. The number of aliphatic hydroxyl groups is 1. The molecule has 3 N–H and O–H groups in total. The van der Waals surface area contributed by atoms with Crippen LogP contribution in [0.1, 0.15) is 12.0 Å². The van der Waals surface area contributed by atoms with Crippen LogP contribution < -0.4 is 16.6 Å². The normalized spacial score (nSPS) is 10.2. The van der Waals surface area contributed by atoms with E-state index in [1.165, 1.54) is 6.20 Å². The molecule has 0 fully saturated rings. The van der Waals surface area contributed by atoms with Crippen molar-refractivity contribution in [1.82, 2.24) is 14.9 Å². The third-order valence-corrected chi connectivity index (χ3v) is 2.16. The van der Waals surface area contributed by atoms with Crippen LogP contribution in [0, 0.1) is 6.92 Å². The van der Waals surface area contributed by atoms with E-state index < -0.39 is 11.2 Å². The summed E-state index contributed by atoms with van der Waals surface area (Å²) in [5.74, 6) is -0.341. The first-order chi connectivity index (χ1) is 8.04. The number of carbonyl (C=O) groups is 1. The van der Waals surface area contributed by atoms with Gasteiger partial charge in [0.2, 0.25) is 5.91 Å². The molecular formula is C10H15N3O4. The SMILES string of the molecule is Cc1cn(CC(=O)NCCCO)c(=O)[nH]c1=O. The van der Waals surface area contributed by atoms with Gasteiger partial charge in [0.25, 0.3) is 5.56 Å². The molecule has 7 nitrogen and oxygen atoms in total. The second-order valence-electron chi connectivity index (χ2n) is 3.63. The van der Waals surface area contributed by atoms with E-state index >= 15 is 0 Å².